The summed E-state index contributed by atoms with van der Waals surface area (Å²) in [7, 11) is 3.94. The molecule has 0 heterocycles. The molecule has 0 spiro atoms. The van der Waals surface area contributed by atoms with Crippen LogP contribution in [-0.2, 0) is 0 Å². The van der Waals surface area contributed by atoms with Gasteiger partial charge in [0.2, 0.25) is 0 Å². The lowest BCUT2D eigenvalue weighted by molar-refractivity contribution is 0.262. The SMILES string of the molecule is Cc1cc(-c2ccccc2OCCN(C)C)c(F)cc1O. The van der Waals surface area contributed by atoms with Gasteiger partial charge in [-0.1, -0.05) is 18.2 Å². The molecule has 0 radical (unpaired) electrons. The monoisotopic (exact) mass is 289 g/mol. The van der Waals surface area contributed by atoms with Crippen molar-refractivity contribution in [3.63, 3.8) is 0 Å². The van der Waals surface area contributed by atoms with Gasteiger partial charge in [-0.2, -0.15) is 0 Å². The van der Waals surface area contributed by atoms with Crippen LogP contribution in [0.3, 0.4) is 0 Å². The van der Waals surface area contributed by atoms with Crippen molar-refractivity contribution in [1.29, 1.82) is 0 Å². The van der Waals surface area contributed by atoms with E-state index in [-0.39, 0.29) is 5.75 Å². The number of benzene rings is 2. The molecule has 0 bridgehead atoms. The second kappa shape index (κ2) is 6.59. The van der Waals surface area contributed by atoms with Crippen LogP contribution in [0.4, 0.5) is 4.39 Å². The molecular formula is C17H20FNO2. The molecule has 2 rings (SSSR count). The molecule has 4 heteroatoms. The third-order valence-electron chi connectivity index (χ3n) is 3.26. The van der Waals surface area contributed by atoms with E-state index in [9.17, 15) is 9.50 Å². The van der Waals surface area contributed by atoms with E-state index in [1.807, 2.05) is 43.3 Å². The summed E-state index contributed by atoms with van der Waals surface area (Å²) in [5.74, 6) is 0.146. The predicted molar refractivity (Wildman–Crippen MR) is 82.3 cm³/mol. The van der Waals surface area contributed by atoms with Crippen molar-refractivity contribution in [2.75, 3.05) is 27.2 Å². The lowest BCUT2D eigenvalue weighted by Gasteiger charge is -2.15. The average Bonchev–Trinajstić information content (AvgIpc) is 2.43. The summed E-state index contributed by atoms with van der Waals surface area (Å²) in [6.07, 6.45) is 0. The number of ether oxygens (including phenoxy) is 1. The fraction of sp³-hybridized carbons (Fsp3) is 0.294. The number of para-hydroxylation sites is 1. The van der Waals surface area contributed by atoms with Gasteiger partial charge in [-0.3, -0.25) is 0 Å². The first-order valence-corrected chi connectivity index (χ1v) is 6.85. The van der Waals surface area contributed by atoms with Crippen molar-refractivity contribution in [1.82, 2.24) is 4.90 Å². The second-order valence-corrected chi connectivity index (χ2v) is 5.27. The Morgan fingerprint density at radius 2 is 1.86 bits per heavy atom. The van der Waals surface area contributed by atoms with Crippen LogP contribution in [0.5, 0.6) is 11.5 Å². The van der Waals surface area contributed by atoms with Crippen molar-refractivity contribution < 1.29 is 14.2 Å². The van der Waals surface area contributed by atoms with Crippen LogP contribution in [0.25, 0.3) is 11.1 Å². The van der Waals surface area contributed by atoms with E-state index in [0.717, 1.165) is 12.6 Å². The molecule has 3 nitrogen and oxygen atoms in total. The molecule has 21 heavy (non-hydrogen) atoms. The van der Waals surface area contributed by atoms with E-state index in [2.05, 4.69) is 0 Å². The quantitative estimate of drug-likeness (QED) is 0.915. The first-order valence-electron chi connectivity index (χ1n) is 6.85. The first kappa shape index (κ1) is 15.3. The Morgan fingerprint density at radius 1 is 1.14 bits per heavy atom. The predicted octanol–water partition coefficient (Wildman–Crippen LogP) is 3.45. The highest BCUT2D eigenvalue weighted by molar-refractivity contribution is 5.72. The Labute approximate surface area is 124 Å². The molecule has 0 aliphatic rings. The number of phenolic OH excluding ortho intramolecular Hbond substituents is 1. The zero-order valence-corrected chi connectivity index (χ0v) is 12.6. The van der Waals surface area contributed by atoms with Crippen molar-refractivity contribution in [3.05, 3.63) is 47.8 Å². The first-order chi connectivity index (χ1) is 9.99. The summed E-state index contributed by atoms with van der Waals surface area (Å²) in [5, 5.41) is 9.57. The fourth-order valence-corrected chi connectivity index (χ4v) is 2.03. The van der Waals surface area contributed by atoms with Crippen LogP contribution in [0.1, 0.15) is 5.56 Å². The van der Waals surface area contributed by atoms with Gasteiger partial charge in [-0.25, -0.2) is 4.39 Å². The molecule has 0 aliphatic heterocycles. The Bertz CT molecular complexity index is 626. The van der Waals surface area contributed by atoms with Gasteiger partial charge in [0.15, 0.2) is 0 Å². The van der Waals surface area contributed by atoms with Crippen molar-refractivity contribution in [3.8, 4) is 22.6 Å². The summed E-state index contributed by atoms with van der Waals surface area (Å²) in [6.45, 7) is 3.06. The lowest BCUT2D eigenvalue weighted by atomic mass is 10.0. The molecule has 2 aromatic carbocycles. The topological polar surface area (TPSA) is 32.7 Å². The maximum absolute atomic E-state index is 14.1. The van der Waals surface area contributed by atoms with Crippen LogP contribution in [0, 0.1) is 12.7 Å². The molecule has 1 N–H and O–H groups in total. The highest BCUT2D eigenvalue weighted by Gasteiger charge is 2.13. The maximum atomic E-state index is 14.1. The largest absolute Gasteiger partial charge is 0.508 e. The molecule has 0 aliphatic carbocycles. The minimum absolute atomic E-state index is 0.0396. The van der Waals surface area contributed by atoms with E-state index in [0.29, 0.717) is 29.0 Å². The molecule has 0 aromatic heterocycles. The molecule has 0 atom stereocenters. The zero-order chi connectivity index (χ0) is 15.4. The number of rotatable bonds is 5. The average molecular weight is 289 g/mol. The third-order valence-corrected chi connectivity index (χ3v) is 3.26. The Hall–Kier alpha value is -2.07. The molecule has 0 fully saturated rings. The van der Waals surface area contributed by atoms with Gasteiger partial charge >= 0.3 is 0 Å². The number of halogens is 1. The Kier molecular flexibility index (Phi) is 4.81. The van der Waals surface area contributed by atoms with Gasteiger partial charge in [-0.05, 0) is 38.7 Å². The fourth-order valence-electron chi connectivity index (χ4n) is 2.03. The number of aromatic hydroxyl groups is 1. The highest BCUT2D eigenvalue weighted by Crippen LogP contribution is 2.34. The van der Waals surface area contributed by atoms with E-state index < -0.39 is 5.82 Å². The minimum atomic E-state index is -0.457. The maximum Gasteiger partial charge on any atom is 0.134 e. The number of likely N-dealkylation sites (N-methyl/N-ethyl adjacent to an activating group) is 1. The van der Waals surface area contributed by atoms with Crippen molar-refractivity contribution in [2.45, 2.75) is 6.92 Å². The van der Waals surface area contributed by atoms with Crippen molar-refractivity contribution >= 4 is 0 Å². The standard InChI is InChI=1S/C17H20FNO2/c1-12-10-14(15(18)11-16(12)20)13-6-4-5-7-17(13)21-9-8-19(2)3/h4-7,10-11,20H,8-9H2,1-3H3. The summed E-state index contributed by atoms with van der Waals surface area (Å²) in [6, 6.07) is 10.1. The Morgan fingerprint density at radius 3 is 2.57 bits per heavy atom. The number of hydrogen-bond acceptors (Lipinski definition) is 3. The highest BCUT2D eigenvalue weighted by atomic mass is 19.1. The van der Waals surface area contributed by atoms with Crippen LogP contribution in [0.15, 0.2) is 36.4 Å². The van der Waals surface area contributed by atoms with Gasteiger partial charge < -0.3 is 14.7 Å². The van der Waals surface area contributed by atoms with Gasteiger partial charge in [0.05, 0.1) is 0 Å². The summed E-state index contributed by atoms with van der Waals surface area (Å²) in [4.78, 5) is 2.02. The smallest absolute Gasteiger partial charge is 0.134 e. The normalized spacial score (nSPS) is 10.9. The summed E-state index contributed by atoms with van der Waals surface area (Å²) < 4.78 is 19.9. The van der Waals surface area contributed by atoms with E-state index in [4.69, 9.17) is 4.74 Å². The van der Waals surface area contributed by atoms with E-state index in [1.54, 1.807) is 13.0 Å². The molecule has 0 saturated heterocycles. The molecular weight excluding hydrogens is 269 g/mol. The lowest BCUT2D eigenvalue weighted by Crippen LogP contribution is -2.19. The molecule has 0 unspecified atom stereocenters. The van der Waals surface area contributed by atoms with E-state index >= 15 is 0 Å². The zero-order valence-electron chi connectivity index (χ0n) is 12.6. The van der Waals surface area contributed by atoms with Crippen LogP contribution >= 0.6 is 0 Å². The van der Waals surface area contributed by atoms with Crippen LogP contribution in [-0.4, -0.2) is 37.3 Å². The number of aryl methyl sites for hydroxylation is 1. The summed E-state index contributed by atoms with van der Waals surface area (Å²) >= 11 is 0. The number of phenols is 1. The minimum Gasteiger partial charge on any atom is -0.508 e. The van der Waals surface area contributed by atoms with Crippen molar-refractivity contribution in [2.24, 2.45) is 0 Å². The van der Waals surface area contributed by atoms with Crippen LogP contribution < -0.4 is 4.74 Å². The van der Waals surface area contributed by atoms with Gasteiger partial charge in [0.25, 0.3) is 0 Å². The third kappa shape index (κ3) is 3.73. The Balaban J connectivity index is 2.34. The van der Waals surface area contributed by atoms with Gasteiger partial charge in [0.1, 0.15) is 23.9 Å². The number of nitrogens with zero attached hydrogens (tertiary/aromatic N) is 1. The number of hydrogen-bond donors (Lipinski definition) is 1. The van der Waals surface area contributed by atoms with Gasteiger partial charge in [-0.15, -0.1) is 0 Å². The van der Waals surface area contributed by atoms with Gasteiger partial charge in [0, 0.05) is 23.7 Å². The molecule has 2 aromatic rings. The molecule has 0 amide bonds. The molecule has 112 valence electrons. The molecule has 0 saturated carbocycles. The van der Waals surface area contributed by atoms with Crippen LogP contribution in [0.2, 0.25) is 0 Å². The summed E-state index contributed by atoms with van der Waals surface area (Å²) in [5.41, 5.74) is 1.76. The van der Waals surface area contributed by atoms with E-state index in [1.165, 1.54) is 0 Å². The second-order valence-electron chi connectivity index (χ2n) is 5.27.